The predicted molar refractivity (Wildman–Crippen MR) is 57.8 cm³/mol. The smallest absolute Gasteiger partial charge is 0.0661 e. The van der Waals surface area contributed by atoms with E-state index in [9.17, 15) is 0 Å². The van der Waals surface area contributed by atoms with E-state index < -0.39 is 0 Å². The molecule has 3 heteroatoms. The lowest BCUT2D eigenvalue weighted by Gasteiger charge is -2.16. The summed E-state index contributed by atoms with van der Waals surface area (Å²) in [6.07, 6.45) is 0.977. The van der Waals surface area contributed by atoms with Crippen LogP contribution in [-0.4, -0.2) is 20.3 Å². The summed E-state index contributed by atoms with van der Waals surface area (Å²) in [5.41, 5.74) is 2.61. The van der Waals surface area contributed by atoms with Gasteiger partial charge >= 0.3 is 0 Å². The molecule has 0 bridgehead atoms. The summed E-state index contributed by atoms with van der Waals surface area (Å²) in [4.78, 5) is 0. The molecule has 1 heterocycles. The molecule has 0 radical (unpaired) electrons. The van der Waals surface area contributed by atoms with Crippen molar-refractivity contribution < 1.29 is 4.74 Å². The van der Waals surface area contributed by atoms with Crippen LogP contribution in [0.1, 0.15) is 17.2 Å². The fourth-order valence-corrected chi connectivity index (χ4v) is 2.01. The van der Waals surface area contributed by atoms with Gasteiger partial charge in [-0.25, -0.2) is 0 Å². The van der Waals surface area contributed by atoms with E-state index in [0.29, 0.717) is 0 Å². The lowest BCUT2D eigenvalue weighted by atomic mass is 10.00. The highest BCUT2D eigenvalue weighted by Gasteiger charge is 2.17. The molecule has 0 saturated heterocycles. The largest absolute Gasteiger partial charge is 0.379 e. The number of nitrogens with one attached hydrogen (secondary N) is 1. The fourth-order valence-electron chi connectivity index (χ4n) is 1.83. The van der Waals surface area contributed by atoms with Crippen LogP contribution < -0.4 is 5.32 Å². The van der Waals surface area contributed by atoms with Crippen molar-refractivity contribution in [2.45, 2.75) is 12.5 Å². The molecule has 1 aromatic rings. The van der Waals surface area contributed by atoms with Gasteiger partial charge in [-0.1, -0.05) is 17.7 Å². The van der Waals surface area contributed by atoms with E-state index in [1.54, 1.807) is 0 Å². The van der Waals surface area contributed by atoms with Gasteiger partial charge in [-0.05, 0) is 36.7 Å². The Morgan fingerprint density at radius 2 is 2.36 bits per heavy atom. The number of hydrogen-bond acceptors (Lipinski definition) is 2. The molecule has 0 spiro atoms. The van der Waals surface area contributed by atoms with Gasteiger partial charge in [0.1, 0.15) is 0 Å². The zero-order valence-electron chi connectivity index (χ0n) is 8.22. The zero-order chi connectivity index (χ0) is 9.97. The Bertz CT molecular complexity index is 327. The number of halogens is 1. The molecular weight excluding hydrogens is 198 g/mol. The van der Waals surface area contributed by atoms with Gasteiger partial charge in [-0.2, -0.15) is 0 Å². The van der Waals surface area contributed by atoms with E-state index >= 15 is 0 Å². The summed E-state index contributed by atoms with van der Waals surface area (Å²) < 4.78 is 5.51. The van der Waals surface area contributed by atoms with E-state index in [4.69, 9.17) is 16.3 Å². The maximum atomic E-state index is 5.98. The van der Waals surface area contributed by atoms with Crippen molar-refractivity contribution in [1.29, 1.82) is 0 Å². The van der Waals surface area contributed by atoms with E-state index in [0.717, 1.165) is 24.7 Å². The molecule has 1 N–H and O–H groups in total. The molecule has 0 fully saturated rings. The van der Waals surface area contributed by atoms with Crippen molar-refractivity contribution in [2.24, 2.45) is 0 Å². The lowest BCUT2D eigenvalue weighted by molar-refractivity contribution is 0.123. The summed E-state index contributed by atoms with van der Waals surface area (Å²) in [6, 6.07) is 6.34. The minimum Gasteiger partial charge on any atom is -0.379 e. The molecule has 1 aliphatic heterocycles. The maximum absolute atomic E-state index is 5.98. The Balaban J connectivity index is 2.40. The molecular formula is C11H14ClNO. The second-order valence-electron chi connectivity index (χ2n) is 3.51. The normalized spacial score (nSPS) is 21.4. The molecule has 2 rings (SSSR count). The summed E-state index contributed by atoms with van der Waals surface area (Å²) in [5.74, 6) is 0. The van der Waals surface area contributed by atoms with E-state index in [2.05, 4.69) is 11.4 Å². The first-order chi connectivity index (χ1) is 6.81. The second kappa shape index (κ2) is 4.30. The highest BCUT2D eigenvalue weighted by molar-refractivity contribution is 6.30. The summed E-state index contributed by atoms with van der Waals surface area (Å²) in [7, 11) is 1.95. The third-order valence-electron chi connectivity index (χ3n) is 2.63. The van der Waals surface area contributed by atoms with E-state index in [-0.39, 0.29) is 6.04 Å². The van der Waals surface area contributed by atoms with Crippen molar-refractivity contribution in [2.75, 3.05) is 20.3 Å². The van der Waals surface area contributed by atoms with Crippen LogP contribution in [-0.2, 0) is 11.2 Å². The van der Waals surface area contributed by atoms with Crippen LogP contribution in [0, 0.1) is 0 Å². The molecule has 0 amide bonds. The van der Waals surface area contributed by atoms with Gasteiger partial charge in [0.05, 0.1) is 19.3 Å². The summed E-state index contributed by atoms with van der Waals surface area (Å²) in [6.45, 7) is 1.52. The van der Waals surface area contributed by atoms with Gasteiger partial charge in [0, 0.05) is 5.02 Å². The molecule has 14 heavy (non-hydrogen) atoms. The summed E-state index contributed by atoms with van der Waals surface area (Å²) >= 11 is 5.98. The SMILES string of the molecule is CNC1COCCc2ccc(Cl)cc21. The molecule has 0 saturated carbocycles. The first-order valence-corrected chi connectivity index (χ1v) is 5.22. The standard InChI is InChI=1S/C11H14ClNO/c1-13-11-7-14-5-4-8-2-3-9(12)6-10(8)11/h2-3,6,11,13H,4-5,7H2,1H3. The Kier molecular flexibility index (Phi) is 3.06. The zero-order valence-corrected chi connectivity index (χ0v) is 8.97. The molecule has 2 nitrogen and oxygen atoms in total. The van der Waals surface area contributed by atoms with E-state index in [1.165, 1.54) is 11.1 Å². The van der Waals surface area contributed by atoms with Crippen molar-refractivity contribution in [3.63, 3.8) is 0 Å². The van der Waals surface area contributed by atoms with Gasteiger partial charge in [0.2, 0.25) is 0 Å². The number of fused-ring (bicyclic) bond motifs is 1. The maximum Gasteiger partial charge on any atom is 0.0661 e. The number of hydrogen-bond donors (Lipinski definition) is 1. The average Bonchev–Trinajstić information content (AvgIpc) is 2.39. The quantitative estimate of drug-likeness (QED) is 0.769. The van der Waals surface area contributed by atoms with Gasteiger partial charge in [0.25, 0.3) is 0 Å². The third kappa shape index (κ3) is 1.92. The average molecular weight is 212 g/mol. The minimum atomic E-state index is 0.270. The molecule has 0 aromatic heterocycles. The Hall–Kier alpha value is -0.570. The molecule has 76 valence electrons. The third-order valence-corrected chi connectivity index (χ3v) is 2.87. The molecule has 1 unspecified atom stereocenters. The van der Waals surface area contributed by atoms with Crippen molar-refractivity contribution in [3.05, 3.63) is 34.3 Å². The van der Waals surface area contributed by atoms with Gasteiger partial charge in [0.15, 0.2) is 0 Å². The minimum absolute atomic E-state index is 0.270. The highest BCUT2D eigenvalue weighted by atomic mass is 35.5. The van der Waals surface area contributed by atoms with Crippen LogP contribution in [0.3, 0.4) is 0 Å². The van der Waals surface area contributed by atoms with Crippen LogP contribution >= 0.6 is 11.6 Å². The van der Waals surface area contributed by atoms with Crippen LogP contribution in [0.2, 0.25) is 5.02 Å². The van der Waals surface area contributed by atoms with Crippen LogP contribution in [0.25, 0.3) is 0 Å². The number of rotatable bonds is 1. The Morgan fingerprint density at radius 1 is 1.50 bits per heavy atom. The molecule has 1 aromatic carbocycles. The Morgan fingerprint density at radius 3 is 3.14 bits per heavy atom. The van der Waals surface area contributed by atoms with Gasteiger partial charge < -0.3 is 10.1 Å². The second-order valence-corrected chi connectivity index (χ2v) is 3.95. The van der Waals surface area contributed by atoms with Crippen LogP contribution in [0.4, 0.5) is 0 Å². The van der Waals surface area contributed by atoms with Crippen LogP contribution in [0.15, 0.2) is 18.2 Å². The van der Waals surface area contributed by atoms with Crippen LogP contribution in [0.5, 0.6) is 0 Å². The predicted octanol–water partition coefficient (Wildman–Crippen LogP) is 2.17. The number of benzene rings is 1. The van der Waals surface area contributed by atoms with Crippen molar-refractivity contribution in [1.82, 2.24) is 5.32 Å². The van der Waals surface area contributed by atoms with Gasteiger partial charge in [-0.15, -0.1) is 0 Å². The first-order valence-electron chi connectivity index (χ1n) is 4.84. The monoisotopic (exact) mass is 211 g/mol. The number of ether oxygens (including phenoxy) is 1. The highest BCUT2D eigenvalue weighted by Crippen LogP contribution is 2.25. The molecule has 1 aliphatic rings. The number of likely N-dealkylation sites (N-methyl/N-ethyl adjacent to an activating group) is 1. The van der Waals surface area contributed by atoms with E-state index in [1.807, 2.05) is 19.2 Å². The topological polar surface area (TPSA) is 21.3 Å². The fraction of sp³-hybridized carbons (Fsp3) is 0.455. The summed E-state index contributed by atoms with van der Waals surface area (Å²) in [5, 5.41) is 4.04. The Labute approximate surface area is 89.2 Å². The lowest BCUT2D eigenvalue weighted by Crippen LogP contribution is -2.20. The van der Waals surface area contributed by atoms with Crippen molar-refractivity contribution in [3.8, 4) is 0 Å². The first kappa shape index (κ1) is 9.97. The molecule has 0 aliphatic carbocycles. The van der Waals surface area contributed by atoms with Crippen molar-refractivity contribution >= 4 is 11.6 Å². The molecule has 1 atom stereocenters. The van der Waals surface area contributed by atoms with Gasteiger partial charge in [-0.3, -0.25) is 0 Å².